The molecule has 0 aromatic heterocycles. The molecule has 0 atom stereocenters. The van der Waals surface area contributed by atoms with Gasteiger partial charge in [0.15, 0.2) is 5.96 Å². The Hall–Kier alpha value is -3.10. The van der Waals surface area contributed by atoms with Crippen LogP contribution in [-0.2, 0) is 11.3 Å². The van der Waals surface area contributed by atoms with Gasteiger partial charge in [-0.3, -0.25) is 14.9 Å². The lowest BCUT2D eigenvalue weighted by atomic mass is 9.91. The Labute approximate surface area is 197 Å². The SMILES string of the molecule is O=C1NC(=O)/C(=C/C2=CCN=C(NC3CCC(NCc4cccc5ccccc45)CC3)N2)S1. The maximum atomic E-state index is 11.8. The minimum atomic E-state index is -0.348. The first-order valence-corrected chi connectivity index (χ1v) is 12.2. The number of benzene rings is 2. The number of hydrogen-bond donors (Lipinski definition) is 4. The van der Waals surface area contributed by atoms with Crippen molar-refractivity contribution in [2.75, 3.05) is 6.54 Å². The second kappa shape index (κ2) is 9.80. The highest BCUT2D eigenvalue weighted by atomic mass is 32.2. The van der Waals surface area contributed by atoms with Crippen molar-refractivity contribution in [2.45, 2.75) is 44.3 Å². The van der Waals surface area contributed by atoms with Crippen molar-refractivity contribution in [1.29, 1.82) is 0 Å². The van der Waals surface area contributed by atoms with Crippen LogP contribution < -0.4 is 21.3 Å². The minimum absolute atomic E-state index is 0.333. The average molecular weight is 462 g/mol. The summed E-state index contributed by atoms with van der Waals surface area (Å²) in [5, 5.41) is 15.1. The van der Waals surface area contributed by atoms with Gasteiger partial charge in [-0.25, -0.2) is 4.99 Å². The van der Waals surface area contributed by atoms with Crippen LogP contribution in [-0.4, -0.2) is 35.7 Å². The van der Waals surface area contributed by atoms with E-state index in [2.05, 4.69) is 68.7 Å². The van der Waals surface area contributed by atoms with E-state index in [1.165, 1.54) is 16.3 Å². The standard InChI is InChI=1S/C25H27N5O2S/c31-23-22(33-25(32)30-23)14-20-12-13-26-24(29-20)28-19-10-8-18(9-11-19)27-15-17-6-3-5-16-4-1-2-7-21(16)17/h1-7,12,14,18-19,27H,8-11,13,15H2,(H2,26,28,29)(H,30,31,32)/b22-14-. The lowest BCUT2D eigenvalue weighted by Gasteiger charge is -2.31. The van der Waals surface area contributed by atoms with E-state index in [9.17, 15) is 9.59 Å². The predicted molar refractivity (Wildman–Crippen MR) is 133 cm³/mol. The zero-order valence-corrected chi connectivity index (χ0v) is 19.1. The van der Waals surface area contributed by atoms with Gasteiger partial charge in [0.2, 0.25) is 0 Å². The van der Waals surface area contributed by atoms with Gasteiger partial charge in [0.1, 0.15) is 0 Å². The van der Waals surface area contributed by atoms with E-state index >= 15 is 0 Å². The molecular formula is C25H27N5O2S. The summed E-state index contributed by atoms with van der Waals surface area (Å²) in [4.78, 5) is 28.0. The molecule has 1 aliphatic carbocycles. The van der Waals surface area contributed by atoms with Crippen LogP contribution in [0.15, 0.2) is 70.2 Å². The fourth-order valence-electron chi connectivity index (χ4n) is 4.54. The Bertz CT molecular complexity index is 1160. The monoisotopic (exact) mass is 461 g/mol. The summed E-state index contributed by atoms with van der Waals surface area (Å²) in [6, 6.07) is 15.9. The van der Waals surface area contributed by atoms with Gasteiger partial charge in [0.05, 0.1) is 11.4 Å². The number of carbonyl (C=O) groups excluding carboxylic acids is 2. The van der Waals surface area contributed by atoms with Crippen LogP contribution in [0.3, 0.4) is 0 Å². The molecule has 2 aromatic carbocycles. The third kappa shape index (κ3) is 5.29. The number of aliphatic imine (C=N–C) groups is 1. The second-order valence-corrected chi connectivity index (χ2v) is 9.55. The molecular weight excluding hydrogens is 434 g/mol. The van der Waals surface area contributed by atoms with E-state index in [1.807, 2.05) is 6.08 Å². The van der Waals surface area contributed by atoms with E-state index in [4.69, 9.17) is 0 Å². The lowest BCUT2D eigenvalue weighted by Crippen LogP contribution is -2.47. The number of thioether (sulfide) groups is 1. The molecule has 170 valence electrons. The Kier molecular flexibility index (Phi) is 6.46. The fraction of sp³-hybridized carbons (Fsp3) is 0.320. The molecule has 1 saturated heterocycles. The van der Waals surface area contributed by atoms with E-state index < -0.39 is 0 Å². The predicted octanol–water partition coefficient (Wildman–Crippen LogP) is 3.54. The number of carbonyl (C=O) groups is 2. The number of hydrogen-bond acceptors (Lipinski definition) is 7. The van der Waals surface area contributed by atoms with Gasteiger partial charge in [0, 0.05) is 24.3 Å². The molecule has 3 aliphatic rings. The van der Waals surface area contributed by atoms with Gasteiger partial charge >= 0.3 is 0 Å². The number of nitrogens with one attached hydrogen (secondary N) is 4. The van der Waals surface area contributed by atoms with Crippen molar-refractivity contribution in [2.24, 2.45) is 4.99 Å². The van der Waals surface area contributed by atoms with Gasteiger partial charge in [-0.2, -0.15) is 0 Å². The molecule has 0 unspecified atom stereocenters. The molecule has 2 aromatic rings. The largest absolute Gasteiger partial charge is 0.353 e. The molecule has 7 nitrogen and oxygen atoms in total. The molecule has 2 heterocycles. The normalized spacial score (nSPS) is 24.3. The van der Waals surface area contributed by atoms with Crippen LogP contribution in [0.4, 0.5) is 4.79 Å². The number of imide groups is 1. The number of guanidine groups is 1. The van der Waals surface area contributed by atoms with Gasteiger partial charge in [-0.1, -0.05) is 42.5 Å². The van der Waals surface area contributed by atoms with Crippen molar-refractivity contribution < 1.29 is 9.59 Å². The van der Waals surface area contributed by atoms with Crippen LogP contribution in [0.2, 0.25) is 0 Å². The first-order valence-electron chi connectivity index (χ1n) is 11.4. The average Bonchev–Trinajstić information content (AvgIpc) is 3.15. The van der Waals surface area contributed by atoms with Gasteiger partial charge in [0.25, 0.3) is 11.1 Å². The summed E-state index contributed by atoms with van der Waals surface area (Å²) in [6.07, 6.45) is 7.97. The van der Waals surface area contributed by atoms with Crippen molar-refractivity contribution in [1.82, 2.24) is 21.3 Å². The molecule has 2 fully saturated rings. The smallest absolute Gasteiger partial charge is 0.290 e. The van der Waals surface area contributed by atoms with Gasteiger partial charge < -0.3 is 16.0 Å². The van der Waals surface area contributed by atoms with E-state index in [-0.39, 0.29) is 11.1 Å². The second-order valence-electron chi connectivity index (χ2n) is 8.54. The molecule has 5 rings (SSSR count). The molecule has 2 amide bonds. The van der Waals surface area contributed by atoms with Gasteiger partial charge in [-0.15, -0.1) is 0 Å². The summed E-state index contributed by atoms with van der Waals surface area (Å²) in [5.74, 6) is 0.380. The molecule has 2 aliphatic heterocycles. The molecule has 4 N–H and O–H groups in total. The summed E-state index contributed by atoms with van der Waals surface area (Å²) in [5.41, 5.74) is 2.13. The summed E-state index contributed by atoms with van der Waals surface area (Å²) in [6.45, 7) is 1.42. The molecule has 0 radical (unpaired) electrons. The number of fused-ring (bicyclic) bond motifs is 1. The Balaban J connectivity index is 1.09. The molecule has 0 bridgehead atoms. The first-order chi connectivity index (χ1) is 16.1. The summed E-state index contributed by atoms with van der Waals surface area (Å²) < 4.78 is 0. The highest BCUT2D eigenvalue weighted by Gasteiger charge is 2.26. The van der Waals surface area contributed by atoms with E-state index in [1.54, 1.807) is 6.08 Å². The van der Waals surface area contributed by atoms with Crippen LogP contribution in [0.25, 0.3) is 10.8 Å². The van der Waals surface area contributed by atoms with E-state index in [0.717, 1.165) is 55.6 Å². The third-order valence-electron chi connectivity index (χ3n) is 6.28. The van der Waals surface area contributed by atoms with Crippen molar-refractivity contribution in [3.8, 4) is 0 Å². The summed E-state index contributed by atoms with van der Waals surface area (Å²) >= 11 is 0.921. The van der Waals surface area contributed by atoms with E-state index in [0.29, 0.717) is 23.5 Å². The zero-order chi connectivity index (χ0) is 22.6. The van der Waals surface area contributed by atoms with Crippen molar-refractivity contribution in [3.63, 3.8) is 0 Å². The highest BCUT2D eigenvalue weighted by Crippen LogP contribution is 2.25. The Morgan fingerprint density at radius 3 is 2.61 bits per heavy atom. The number of nitrogens with zero attached hydrogens (tertiary/aromatic N) is 1. The van der Waals surface area contributed by atoms with Crippen LogP contribution >= 0.6 is 11.8 Å². The molecule has 33 heavy (non-hydrogen) atoms. The minimum Gasteiger partial charge on any atom is -0.353 e. The number of rotatable bonds is 5. The molecule has 8 heteroatoms. The highest BCUT2D eigenvalue weighted by molar-refractivity contribution is 8.18. The van der Waals surface area contributed by atoms with Crippen LogP contribution in [0.1, 0.15) is 31.2 Å². The third-order valence-corrected chi connectivity index (χ3v) is 7.09. The van der Waals surface area contributed by atoms with Gasteiger partial charge in [-0.05, 0) is 65.9 Å². The first kappa shape index (κ1) is 21.7. The maximum absolute atomic E-state index is 11.8. The Morgan fingerprint density at radius 2 is 1.79 bits per heavy atom. The van der Waals surface area contributed by atoms with Crippen molar-refractivity contribution >= 4 is 39.6 Å². The quantitative estimate of drug-likeness (QED) is 0.509. The topological polar surface area (TPSA) is 94.6 Å². The number of allylic oxidation sites excluding steroid dienone is 1. The van der Waals surface area contributed by atoms with Crippen LogP contribution in [0, 0.1) is 0 Å². The Morgan fingerprint density at radius 1 is 1.00 bits per heavy atom. The molecule has 1 saturated carbocycles. The zero-order valence-electron chi connectivity index (χ0n) is 18.3. The molecule has 0 spiro atoms. The summed E-state index contributed by atoms with van der Waals surface area (Å²) in [7, 11) is 0. The maximum Gasteiger partial charge on any atom is 0.290 e. The lowest BCUT2D eigenvalue weighted by molar-refractivity contribution is -0.115. The fourth-order valence-corrected chi connectivity index (χ4v) is 5.21. The van der Waals surface area contributed by atoms with Crippen molar-refractivity contribution in [3.05, 3.63) is 70.8 Å². The number of amides is 2. The van der Waals surface area contributed by atoms with Crippen LogP contribution in [0.5, 0.6) is 0 Å².